The van der Waals surface area contributed by atoms with E-state index in [0.29, 0.717) is 51.3 Å². The third-order valence-corrected chi connectivity index (χ3v) is 21.5. The summed E-state index contributed by atoms with van der Waals surface area (Å²) in [6.45, 7) is 13.1. The molecule has 0 saturated carbocycles. The number of carbonyl (C=O) groups excluding carboxylic acids is 15. The molecule has 40 heteroatoms. The van der Waals surface area contributed by atoms with Crippen molar-refractivity contribution in [3.63, 3.8) is 0 Å². The maximum absolute atomic E-state index is 15.0. The monoisotopic (exact) mass is 1740 g/mol. The molecule has 2 saturated heterocycles. The minimum absolute atomic E-state index is 0.0434. The third-order valence-electron chi connectivity index (χ3n) is 21.5. The maximum atomic E-state index is 15.0. The van der Waals surface area contributed by atoms with Gasteiger partial charge in [0.25, 0.3) is 0 Å². The van der Waals surface area contributed by atoms with E-state index in [4.69, 9.17) is 22.9 Å². The highest BCUT2D eigenvalue weighted by Crippen LogP contribution is 2.27. The second-order valence-electron chi connectivity index (χ2n) is 33.3. The second-order valence-corrected chi connectivity index (χ2v) is 33.3. The molecule has 682 valence electrons. The van der Waals surface area contributed by atoms with Gasteiger partial charge in [-0.2, -0.15) is 0 Å². The molecular formula is C85H121N19O21. The lowest BCUT2D eigenvalue weighted by atomic mass is 9.98. The van der Waals surface area contributed by atoms with Crippen LogP contribution in [0, 0.1) is 17.8 Å². The number of nitrogens with one attached hydrogen (secondary N) is 13. The SMILES string of the molecule is CC(C)C[C@H](NC(=O)[C@H](CCCCN)NC(=O)[C@@H](NC(=O)[C@H](CC(C)C)NC(=O)[C@@H]1CCCN1C(=O)[C@H](CC(=O)O)NC(=O)[C@H](Cc1ccc(O)cc1)NC(=O)[C@H](Cc1c[nH]c2ccccc12)NC(=O)[C@H](CC(N)=O)NC(=O)[C@H](C)N)[C@@H](C)O)C(=O)N[C@@H](Cc1c[nH]c2ccccc12)C(=O)N[C@@H](CC(C)C)C(=O)N1CCC[C@H]1C(=O)N[C@@H](CCC(N)=O)C(=O)O. The number of phenols is 1. The van der Waals surface area contributed by atoms with Gasteiger partial charge in [0.15, 0.2) is 0 Å². The summed E-state index contributed by atoms with van der Waals surface area (Å²) in [5, 5.41) is 71.6. The molecule has 2 fully saturated rings. The number of carboxylic acids is 2. The molecule has 0 unspecified atom stereocenters. The fourth-order valence-electron chi connectivity index (χ4n) is 15.1. The minimum atomic E-state index is -1.95. The van der Waals surface area contributed by atoms with Crippen LogP contribution in [0.15, 0.2) is 85.2 Å². The largest absolute Gasteiger partial charge is 0.508 e. The van der Waals surface area contributed by atoms with Gasteiger partial charge in [-0.3, -0.25) is 76.7 Å². The zero-order valence-corrected chi connectivity index (χ0v) is 71.6. The van der Waals surface area contributed by atoms with Crippen molar-refractivity contribution in [3.05, 3.63) is 102 Å². The smallest absolute Gasteiger partial charge is 0.326 e. The number of fused-ring (bicyclic) bond motifs is 2. The van der Waals surface area contributed by atoms with Gasteiger partial charge in [-0.1, -0.05) is 90.1 Å². The molecule has 0 aliphatic carbocycles. The number of aromatic hydroxyl groups is 1. The first-order chi connectivity index (χ1) is 59.1. The summed E-state index contributed by atoms with van der Waals surface area (Å²) < 4.78 is 0. The van der Waals surface area contributed by atoms with E-state index in [1.165, 1.54) is 43.0 Å². The summed E-state index contributed by atoms with van der Waals surface area (Å²) in [4.78, 5) is 246. The number of aliphatic carboxylic acids is 2. The van der Waals surface area contributed by atoms with Gasteiger partial charge >= 0.3 is 11.9 Å². The number of aromatic amines is 2. The second kappa shape index (κ2) is 47.3. The molecule has 125 heavy (non-hydrogen) atoms. The van der Waals surface area contributed by atoms with E-state index < -0.39 is 204 Å². The number of benzene rings is 3. The molecule has 40 nitrogen and oxygen atoms in total. The van der Waals surface area contributed by atoms with Crippen LogP contribution in [0.25, 0.3) is 21.8 Å². The number of hydrogen-bond donors (Lipinski definition) is 21. The van der Waals surface area contributed by atoms with Crippen LogP contribution in [0.3, 0.4) is 0 Å². The number of carboxylic acid groups (broad SMARTS) is 2. The van der Waals surface area contributed by atoms with Crippen molar-refractivity contribution in [2.24, 2.45) is 40.7 Å². The molecule has 3 aromatic carbocycles. The predicted molar refractivity (Wildman–Crippen MR) is 455 cm³/mol. The van der Waals surface area contributed by atoms with E-state index in [1.807, 2.05) is 0 Å². The quantitative estimate of drug-likeness (QED) is 0.0195. The van der Waals surface area contributed by atoms with Crippen molar-refractivity contribution in [2.45, 2.75) is 255 Å². The molecule has 5 aromatic rings. The number of likely N-dealkylation sites (tertiary alicyclic amines) is 2. The molecule has 0 bridgehead atoms. The number of aromatic nitrogens is 2. The third kappa shape index (κ3) is 29.8. The highest BCUT2D eigenvalue weighted by Gasteiger charge is 2.45. The number of unbranched alkanes of at least 4 members (excludes halogenated alkanes) is 1. The van der Waals surface area contributed by atoms with Gasteiger partial charge in [-0.15, -0.1) is 0 Å². The number of para-hydroxylation sites is 2. The summed E-state index contributed by atoms with van der Waals surface area (Å²) in [5.74, 6) is -18.1. The zero-order chi connectivity index (χ0) is 92.2. The van der Waals surface area contributed by atoms with Gasteiger partial charge in [0.2, 0.25) is 88.6 Å². The zero-order valence-electron chi connectivity index (χ0n) is 71.6. The molecule has 15 atom stereocenters. The topological polar surface area (TPSA) is 646 Å². The van der Waals surface area contributed by atoms with Crippen LogP contribution >= 0.6 is 0 Å². The summed E-state index contributed by atoms with van der Waals surface area (Å²) >= 11 is 0. The highest BCUT2D eigenvalue weighted by molar-refractivity contribution is 6.02. The van der Waals surface area contributed by atoms with Crippen LogP contribution in [0.2, 0.25) is 0 Å². The van der Waals surface area contributed by atoms with E-state index >= 15 is 9.59 Å². The van der Waals surface area contributed by atoms with Gasteiger partial charge in [0, 0.05) is 73.0 Å². The Labute approximate surface area is 722 Å². The molecule has 4 heterocycles. The number of rotatable bonds is 49. The highest BCUT2D eigenvalue weighted by atomic mass is 16.4. The maximum Gasteiger partial charge on any atom is 0.326 e. The number of nitrogens with two attached hydrogens (primary N) is 4. The van der Waals surface area contributed by atoms with Gasteiger partial charge in [-0.05, 0) is 150 Å². The van der Waals surface area contributed by atoms with Gasteiger partial charge < -0.3 is 122 Å². The van der Waals surface area contributed by atoms with Crippen molar-refractivity contribution in [3.8, 4) is 5.75 Å². The lowest BCUT2D eigenvalue weighted by Gasteiger charge is -2.31. The van der Waals surface area contributed by atoms with E-state index in [-0.39, 0.29) is 127 Å². The van der Waals surface area contributed by atoms with E-state index in [0.717, 1.165) is 4.90 Å². The van der Waals surface area contributed by atoms with Crippen LogP contribution in [0.1, 0.15) is 162 Å². The summed E-state index contributed by atoms with van der Waals surface area (Å²) in [7, 11) is 0. The Morgan fingerprint density at radius 2 is 0.848 bits per heavy atom. The number of primary amides is 2. The molecule has 25 N–H and O–H groups in total. The standard InChI is InChI=1S/C85H121N19O21/c1-43(2)33-58(74(113)97-62(38-50-42-91-55-20-12-10-18-53(50)55)77(116)100-64(35-45(5)6)83(122)103-31-15-22-66(103)80(119)93-57(85(124)125)28-29-68(88)107)95-73(112)56(21-13-14-30-86)92-82(121)71(47(8)105)102-79(118)59(34-44(3)4)99-81(120)67-23-16-32-104(67)84(123)65(40-70(109)110)101-75(114)60(36-48-24-26-51(106)27-25-48)96-76(115)61(37-49-41-90-54-19-11-9-17-52(49)54)98-78(117)63(39-69(89)108)94-72(111)46(7)87/h9-12,17-20,24-27,41-47,56-67,71,90-91,105-106H,13-16,21-23,28-40,86-87H2,1-8H3,(H2,88,107)(H2,89,108)(H,92,121)(H,93,119)(H,94,111)(H,95,112)(H,96,115)(H,97,113)(H,98,117)(H,99,120)(H,100,116)(H,101,114)(H,102,118)(H,109,110)(H,124,125)/t46-,47+,56-,57-,58-,59-,60-,61-,62-,63-,64-,65-,66-,67-,71-/m0/s1. The van der Waals surface area contributed by atoms with E-state index in [2.05, 4.69) is 68.5 Å². The lowest BCUT2D eigenvalue weighted by molar-refractivity contribution is -0.146. The fourth-order valence-corrected chi connectivity index (χ4v) is 15.1. The number of aliphatic hydroxyl groups excluding tert-OH is 1. The number of hydrogen-bond acceptors (Lipinski definition) is 21. The average Bonchev–Trinajstić information content (AvgIpc) is 1.73. The Balaban J connectivity index is 1.09. The number of carbonyl (C=O) groups is 17. The van der Waals surface area contributed by atoms with Gasteiger partial charge in [-0.25, -0.2) is 4.79 Å². The normalized spacial score (nSPS) is 17.0. The van der Waals surface area contributed by atoms with E-state index in [9.17, 15) is 92.3 Å². The number of aliphatic hydroxyl groups is 1. The van der Waals surface area contributed by atoms with Crippen LogP contribution < -0.4 is 81.4 Å². The van der Waals surface area contributed by atoms with Crippen molar-refractivity contribution in [1.82, 2.24) is 78.3 Å². The number of phenolic OH excluding ortho intramolecular Hbond substituents is 1. The molecule has 2 aliphatic heterocycles. The Morgan fingerprint density at radius 1 is 0.440 bits per heavy atom. The molecular weight excluding hydrogens is 1620 g/mol. The van der Waals surface area contributed by atoms with Crippen molar-refractivity contribution < 1.29 is 102 Å². The van der Waals surface area contributed by atoms with Crippen LogP contribution in [0.4, 0.5) is 0 Å². The van der Waals surface area contributed by atoms with Crippen LogP contribution in [-0.4, -0.2) is 251 Å². The minimum Gasteiger partial charge on any atom is -0.508 e. The van der Waals surface area contributed by atoms with Crippen molar-refractivity contribution in [1.29, 1.82) is 0 Å². The van der Waals surface area contributed by atoms with Crippen LogP contribution in [0.5, 0.6) is 5.75 Å². The molecule has 7 rings (SSSR count). The van der Waals surface area contributed by atoms with Crippen LogP contribution in [-0.2, 0) is 101 Å². The van der Waals surface area contributed by atoms with Gasteiger partial charge in [0.05, 0.1) is 25.0 Å². The molecule has 0 spiro atoms. The molecule has 2 aromatic heterocycles. The van der Waals surface area contributed by atoms with Crippen molar-refractivity contribution >= 4 is 122 Å². The molecule has 0 radical (unpaired) electrons. The first-order valence-electron chi connectivity index (χ1n) is 42.1. The number of amides is 15. The summed E-state index contributed by atoms with van der Waals surface area (Å²) in [6.07, 6.45) is -0.849. The molecule has 2 aliphatic rings. The predicted octanol–water partition coefficient (Wildman–Crippen LogP) is -1.61. The summed E-state index contributed by atoms with van der Waals surface area (Å²) in [5.41, 5.74) is 25.1. The first kappa shape index (κ1) is 99.5. The molecule has 15 amide bonds. The summed E-state index contributed by atoms with van der Waals surface area (Å²) in [6, 6.07) is -1.65. The fraction of sp³-hybridized carbons (Fsp3) is 0.541. The number of nitrogens with zero attached hydrogens (tertiary/aromatic N) is 2. The van der Waals surface area contributed by atoms with Gasteiger partial charge in [0.1, 0.15) is 84.3 Å². The van der Waals surface area contributed by atoms with E-state index in [1.54, 1.807) is 102 Å². The number of H-pyrrole nitrogens is 2. The Hall–Kier alpha value is -12.6. The van der Waals surface area contributed by atoms with Crippen molar-refractivity contribution in [2.75, 3.05) is 19.6 Å². The Kier molecular flexibility index (Phi) is 37.7. The Morgan fingerprint density at radius 3 is 1.31 bits per heavy atom. The first-order valence-corrected chi connectivity index (χ1v) is 42.1. The lowest BCUT2D eigenvalue weighted by Crippen LogP contribution is -2.62. The average molecular weight is 1750 g/mol. The Bertz CT molecular complexity index is 4660.